The van der Waals surface area contributed by atoms with E-state index in [-0.39, 0.29) is 30.4 Å². The van der Waals surface area contributed by atoms with Crippen molar-refractivity contribution in [2.75, 3.05) is 23.3 Å². The number of alkyl halides is 3. The van der Waals surface area contributed by atoms with Gasteiger partial charge in [-0.05, 0) is 18.2 Å². The number of halogens is 4. The Balaban J connectivity index is 2.07. The second-order valence-corrected chi connectivity index (χ2v) is 6.20. The Kier molecular flexibility index (Phi) is 6.54. The van der Waals surface area contributed by atoms with Gasteiger partial charge >= 0.3 is 12.3 Å². The van der Waals surface area contributed by atoms with Gasteiger partial charge in [-0.1, -0.05) is 0 Å². The maximum atomic E-state index is 14.2. The summed E-state index contributed by atoms with van der Waals surface area (Å²) in [5, 5.41) is 4.72. The maximum Gasteiger partial charge on any atom is 0.455 e. The minimum atomic E-state index is -5.10. The van der Waals surface area contributed by atoms with Gasteiger partial charge in [-0.3, -0.25) is 14.5 Å². The molecule has 152 valence electrons. The van der Waals surface area contributed by atoms with E-state index in [0.29, 0.717) is 6.20 Å². The normalized spacial score (nSPS) is 17.4. The van der Waals surface area contributed by atoms with Crippen molar-refractivity contribution in [2.24, 2.45) is 0 Å². The van der Waals surface area contributed by atoms with Gasteiger partial charge in [-0.15, -0.1) is 12.6 Å². The molecule has 2 amide bonds. The summed E-state index contributed by atoms with van der Waals surface area (Å²) in [7, 11) is 0. The monoisotopic (exact) mass is 421 g/mol. The third-order valence-electron chi connectivity index (χ3n) is 3.57. The van der Waals surface area contributed by atoms with Crippen molar-refractivity contribution in [1.82, 2.24) is 5.32 Å². The first-order valence-corrected chi connectivity index (χ1v) is 8.23. The van der Waals surface area contributed by atoms with Crippen LogP contribution < -0.4 is 15.5 Å². The van der Waals surface area contributed by atoms with E-state index >= 15 is 0 Å². The number of Topliss-reactive ketones (excluding diaryl/α,β-unsaturated/α-hetero) is 1. The lowest BCUT2D eigenvalue weighted by Gasteiger charge is -2.14. The molecule has 1 atom stereocenters. The van der Waals surface area contributed by atoms with Gasteiger partial charge in [-0.2, -0.15) is 13.2 Å². The van der Waals surface area contributed by atoms with Crippen LogP contribution >= 0.6 is 12.6 Å². The number of amides is 2. The van der Waals surface area contributed by atoms with Crippen molar-refractivity contribution in [3.63, 3.8) is 0 Å². The fourth-order valence-corrected chi connectivity index (χ4v) is 2.43. The average Bonchev–Trinajstić information content (AvgIpc) is 2.98. The van der Waals surface area contributed by atoms with Crippen LogP contribution in [0.25, 0.3) is 0 Å². The van der Waals surface area contributed by atoms with E-state index in [1.807, 2.05) is 0 Å². The molecule has 28 heavy (non-hydrogen) atoms. The van der Waals surface area contributed by atoms with Crippen molar-refractivity contribution >= 4 is 41.8 Å². The zero-order valence-corrected chi connectivity index (χ0v) is 15.2. The number of rotatable bonds is 6. The molecule has 1 aromatic rings. The van der Waals surface area contributed by atoms with Gasteiger partial charge in [0.15, 0.2) is 0 Å². The quantitative estimate of drug-likeness (QED) is 0.373. The van der Waals surface area contributed by atoms with E-state index in [4.69, 9.17) is 4.74 Å². The Morgan fingerprint density at radius 2 is 2.07 bits per heavy atom. The van der Waals surface area contributed by atoms with Gasteiger partial charge < -0.3 is 15.4 Å². The molecule has 12 heteroatoms. The number of carbonyl (C=O) groups excluding carboxylic acids is 3. The Bertz CT molecular complexity index is 829. The molecule has 1 heterocycles. The summed E-state index contributed by atoms with van der Waals surface area (Å²) in [5.41, 5.74) is -0.0764. The summed E-state index contributed by atoms with van der Waals surface area (Å²) in [4.78, 5) is 34.0. The number of nitrogens with zero attached hydrogens (tertiary/aromatic N) is 1. The highest BCUT2D eigenvalue weighted by Gasteiger charge is 2.39. The highest BCUT2D eigenvalue weighted by atomic mass is 32.1. The molecular weight excluding hydrogens is 406 g/mol. The number of hydrogen-bond acceptors (Lipinski definition) is 6. The molecular formula is C16H15F4N3O4S. The van der Waals surface area contributed by atoms with Gasteiger partial charge in [0, 0.05) is 13.1 Å². The van der Waals surface area contributed by atoms with Crippen LogP contribution in [0.3, 0.4) is 0 Å². The van der Waals surface area contributed by atoms with Crippen molar-refractivity contribution in [3.05, 3.63) is 35.1 Å². The van der Waals surface area contributed by atoms with Crippen LogP contribution in [0.2, 0.25) is 0 Å². The molecule has 0 aliphatic carbocycles. The van der Waals surface area contributed by atoms with Crippen LogP contribution in [0.5, 0.6) is 0 Å². The number of ketones is 1. The summed E-state index contributed by atoms with van der Waals surface area (Å²) in [6.07, 6.45) is -5.82. The van der Waals surface area contributed by atoms with Crippen LogP contribution in [0.1, 0.15) is 6.92 Å². The van der Waals surface area contributed by atoms with Gasteiger partial charge in [0.1, 0.15) is 11.9 Å². The number of cyclic esters (lactones) is 1. The molecule has 1 aromatic carbocycles. The van der Waals surface area contributed by atoms with Crippen molar-refractivity contribution < 1.29 is 36.7 Å². The summed E-state index contributed by atoms with van der Waals surface area (Å²) in [5.74, 6) is -3.35. The number of carbonyl (C=O) groups is 3. The van der Waals surface area contributed by atoms with Crippen molar-refractivity contribution in [2.45, 2.75) is 19.2 Å². The van der Waals surface area contributed by atoms with Crippen LogP contribution in [-0.2, 0) is 14.3 Å². The maximum absolute atomic E-state index is 14.2. The van der Waals surface area contributed by atoms with Crippen LogP contribution in [0.4, 0.5) is 33.7 Å². The summed E-state index contributed by atoms with van der Waals surface area (Å²) in [6.45, 7) is 1.48. The molecule has 0 bridgehead atoms. The highest BCUT2D eigenvalue weighted by Crippen LogP contribution is 2.27. The largest absolute Gasteiger partial charge is 0.455 e. The lowest BCUT2D eigenvalue weighted by Crippen LogP contribution is -2.33. The van der Waals surface area contributed by atoms with E-state index < -0.39 is 34.9 Å². The topological polar surface area (TPSA) is 87.7 Å². The number of ether oxygens (including phenoxy) is 1. The minimum absolute atomic E-state index is 0.0755. The van der Waals surface area contributed by atoms with Gasteiger partial charge in [0.25, 0.3) is 5.78 Å². The Morgan fingerprint density at radius 3 is 2.64 bits per heavy atom. The minimum Gasteiger partial charge on any atom is -0.442 e. The van der Waals surface area contributed by atoms with Gasteiger partial charge in [-0.25, -0.2) is 9.18 Å². The summed E-state index contributed by atoms with van der Waals surface area (Å²) < 4.78 is 56.1. The number of allylic oxidation sites excluding steroid dienone is 1. The highest BCUT2D eigenvalue weighted by molar-refractivity contribution is 7.85. The zero-order chi connectivity index (χ0) is 21.1. The Morgan fingerprint density at radius 1 is 1.39 bits per heavy atom. The van der Waals surface area contributed by atoms with Crippen LogP contribution in [0, 0.1) is 5.82 Å². The number of benzene rings is 1. The molecule has 2 rings (SSSR count). The Hall–Kier alpha value is -2.76. The summed E-state index contributed by atoms with van der Waals surface area (Å²) in [6, 6.07) is 3.49. The standard InChI is InChI=1S/C16H15F4N3O4S/c1-8(24)21-5-10-7-23(15(26)27-10)9-2-3-12(11(17)4-9)22-6-13(28)14(25)16(18,19)20/h2-4,6,10,22,28H,5,7H2,1H3,(H,21,24)/b13-6-/t10-/m0/s1. The Labute approximate surface area is 162 Å². The third kappa shape index (κ3) is 5.38. The summed E-state index contributed by atoms with van der Waals surface area (Å²) >= 11 is 3.44. The molecule has 0 saturated carbocycles. The molecule has 0 spiro atoms. The number of hydrogen-bond donors (Lipinski definition) is 3. The van der Waals surface area contributed by atoms with E-state index in [2.05, 4.69) is 23.3 Å². The first kappa shape index (κ1) is 21.5. The average molecular weight is 421 g/mol. The molecule has 1 saturated heterocycles. The van der Waals surface area contributed by atoms with E-state index in [1.165, 1.54) is 19.1 Å². The first-order chi connectivity index (χ1) is 13.0. The van der Waals surface area contributed by atoms with E-state index in [1.54, 1.807) is 0 Å². The molecule has 2 N–H and O–H groups in total. The number of nitrogens with one attached hydrogen (secondary N) is 2. The third-order valence-corrected chi connectivity index (χ3v) is 3.90. The lowest BCUT2D eigenvalue weighted by molar-refractivity contribution is -0.165. The molecule has 1 aliphatic rings. The molecule has 0 unspecified atom stereocenters. The second-order valence-electron chi connectivity index (χ2n) is 5.72. The zero-order valence-electron chi connectivity index (χ0n) is 14.3. The molecule has 7 nitrogen and oxygen atoms in total. The molecule has 1 aliphatic heterocycles. The lowest BCUT2D eigenvalue weighted by atomic mass is 10.2. The van der Waals surface area contributed by atoms with Crippen molar-refractivity contribution in [1.29, 1.82) is 0 Å². The second kappa shape index (κ2) is 8.50. The first-order valence-electron chi connectivity index (χ1n) is 7.78. The fourth-order valence-electron chi connectivity index (χ4n) is 2.24. The molecule has 0 aromatic heterocycles. The molecule has 0 radical (unpaired) electrons. The predicted octanol–water partition coefficient (Wildman–Crippen LogP) is 2.60. The fraction of sp³-hybridized carbons (Fsp3) is 0.312. The van der Waals surface area contributed by atoms with E-state index in [0.717, 1.165) is 11.0 Å². The number of anilines is 2. The molecule has 1 fully saturated rings. The SMILES string of the molecule is CC(=O)NC[C@H]1CN(c2ccc(N/C=C(\S)C(=O)C(F)(F)F)c(F)c2)C(=O)O1. The van der Waals surface area contributed by atoms with Gasteiger partial charge in [0.2, 0.25) is 5.91 Å². The number of thiol groups is 1. The predicted molar refractivity (Wildman–Crippen MR) is 94.5 cm³/mol. The van der Waals surface area contributed by atoms with Gasteiger partial charge in [0.05, 0.1) is 29.4 Å². The van der Waals surface area contributed by atoms with E-state index in [9.17, 15) is 31.9 Å². The van der Waals surface area contributed by atoms with Crippen LogP contribution in [0.15, 0.2) is 29.3 Å². The van der Waals surface area contributed by atoms with Crippen LogP contribution in [-0.4, -0.2) is 43.2 Å². The smallest absolute Gasteiger partial charge is 0.442 e. The van der Waals surface area contributed by atoms with Crippen molar-refractivity contribution in [3.8, 4) is 0 Å².